The molecule has 0 saturated carbocycles. The van der Waals surface area contributed by atoms with Crippen molar-refractivity contribution >= 4 is 11.9 Å². The van der Waals surface area contributed by atoms with Gasteiger partial charge in [-0.25, -0.2) is 0 Å². The molecule has 0 bridgehead atoms. The van der Waals surface area contributed by atoms with Crippen LogP contribution in [-0.2, 0) is 0 Å². The first-order chi connectivity index (χ1) is 5.08. The summed E-state index contributed by atoms with van der Waals surface area (Å²) in [5, 5.41) is 0. The third-order valence-corrected chi connectivity index (χ3v) is 1.73. The van der Waals surface area contributed by atoms with Crippen LogP contribution in [0.15, 0.2) is 9.98 Å². The Morgan fingerprint density at radius 3 is 2.64 bits per heavy atom. The number of rotatable bonds is 2. The van der Waals surface area contributed by atoms with E-state index in [9.17, 15) is 0 Å². The molecule has 0 unspecified atom stereocenters. The van der Waals surface area contributed by atoms with Gasteiger partial charge in [0.1, 0.15) is 6.67 Å². The summed E-state index contributed by atoms with van der Waals surface area (Å²) in [7, 11) is 0. The van der Waals surface area contributed by atoms with Crippen molar-refractivity contribution in [2.24, 2.45) is 15.4 Å². The zero-order chi connectivity index (χ0) is 8.32. The molecular weight excluding hydrogens is 136 g/mol. The van der Waals surface area contributed by atoms with Gasteiger partial charge in [0.15, 0.2) is 0 Å². The maximum absolute atomic E-state index is 4.23. The average Bonchev–Trinajstić information content (AvgIpc) is 2.32. The molecule has 0 atom stereocenters. The van der Waals surface area contributed by atoms with E-state index < -0.39 is 0 Å². The van der Waals surface area contributed by atoms with Gasteiger partial charge in [0.2, 0.25) is 0 Å². The van der Waals surface area contributed by atoms with Crippen LogP contribution in [0.2, 0.25) is 0 Å². The summed E-state index contributed by atoms with van der Waals surface area (Å²) in [5.74, 6) is 0. The molecule has 2 nitrogen and oxygen atoms in total. The SMILES string of the molecule is CC(C)(C)CCC1=NCN=C1. The van der Waals surface area contributed by atoms with Gasteiger partial charge < -0.3 is 0 Å². The summed E-state index contributed by atoms with van der Waals surface area (Å²) in [5.41, 5.74) is 1.58. The van der Waals surface area contributed by atoms with Gasteiger partial charge in [0.05, 0.1) is 5.71 Å². The lowest BCUT2D eigenvalue weighted by molar-refractivity contribution is 0.387. The average molecular weight is 152 g/mol. The van der Waals surface area contributed by atoms with Crippen molar-refractivity contribution < 1.29 is 0 Å². The highest BCUT2D eigenvalue weighted by Crippen LogP contribution is 2.20. The number of aliphatic imine (C=N–C) groups is 2. The second-order valence-corrected chi connectivity index (χ2v) is 4.16. The summed E-state index contributed by atoms with van der Waals surface area (Å²) in [6.07, 6.45) is 4.16. The molecule has 1 aliphatic rings. The van der Waals surface area contributed by atoms with Crippen LogP contribution in [0.1, 0.15) is 33.6 Å². The normalized spacial score (nSPS) is 17.2. The number of nitrogens with zero attached hydrogens (tertiary/aromatic N) is 2. The lowest BCUT2D eigenvalue weighted by atomic mass is 9.89. The fourth-order valence-electron chi connectivity index (χ4n) is 0.965. The largest absolute Gasteiger partial charge is 0.268 e. The van der Waals surface area contributed by atoms with E-state index in [2.05, 4.69) is 30.8 Å². The van der Waals surface area contributed by atoms with E-state index in [0.29, 0.717) is 12.1 Å². The molecule has 62 valence electrons. The van der Waals surface area contributed by atoms with Crippen LogP contribution in [0.4, 0.5) is 0 Å². The molecule has 0 aromatic heterocycles. The first-order valence-corrected chi connectivity index (χ1v) is 4.11. The minimum Gasteiger partial charge on any atom is -0.268 e. The zero-order valence-corrected chi connectivity index (χ0v) is 7.59. The topological polar surface area (TPSA) is 24.7 Å². The highest BCUT2D eigenvalue weighted by molar-refractivity contribution is 6.31. The van der Waals surface area contributed by atoms with Crippen LogP contribution in [0.3, 0.4) is 0 Å². The first kappa shape index (κ1) is 8.44. The highest BCUT2D eigenvalue weighted by atomic mass is 15.0. The van der Waals surface area contributed by atoms with Crippen molar-refractivity contribution in [1.82, 2.24) is 0 Å². The summed E-state index contributed by atoms with van der Waals surface area (Å²) >= 11 is 0. The van der Waals surface area contributed by atoms with Crippen LogP contribution in [0.5, 0.6) is 0 Å². The van der Waals surface area contributed by atoms with Gasteiger partial charge in [-0.1, -0.05) is 20.8 Å². The molecule has 0 fully saturated rings. The Hall–Kier alpha value is -0.660. The molecule has 0 N–H and O–H groups in total. The predicted octanol–water partition coefficient (Wildman–Crippen LogP) is 2.30. The van der Waals surface area contributed by atoms with E-state index in [4.69, 9.17) is 0 Å². The van der Waals surface area contributed by atoms with Crippen molar-refractivity contribution in [3.8, 4) is 0 Å². The third-order valence-electron chi connectivity index (χ3n) is 1.73. The van der Waals surface area contributed by atoms with Crippen molar-refractivity contribution in [2.45, 2.75) is 33.6 Å². The van der Waals surface area contributed by atoms with Gasteiger partial charge in [-0.3, -0.25) is 9.98 Å². The number of hydrogen-bond acceptors (Lipinski definition) is 2. The van der Waals surface area contributed by atoms with Gasteiger partial charge in [-0.15, -0.1) is 0 Å². The first-order valence-electron chi connectivity index (χ1n) is 4.11. The highest BCUT2D eigenvalue weighted by Gasteiger charge is 2.11. The Morgan fingerprint density at radius 2 is 2.18 bits per heavy atom. The Bertz CT molecular complexity index is 184. The van der Waals surface area contributed by atoms with E-state index >= 15 is 0 Å². The van der Waals surface area contributed by atoms with Crippen molar-refractivity contribution in [3.05, 3.63) is 0 Å². The Labute approximate surface area is 68.4 Å². The standard InChI is InChI=1S/C9H16N2/c1-9(2,3)5-4-8-6-10-7-11-8/h6H,4-5,7H2,1-3H3. The molecule has 2 heteroatoms. The third kappa shape index (κ3) is 3.30. The Kier molecular flexibility index (Phi) is 2.42. The van der Waals surface area contributed by atoms with E-state index in [1.165, 1.54) is 12.1 Å². The minimum atomic E-state index is 0.416. The lowest BCUT2D eigenvalue weighted by Gasteiger charge is -2.16. The second kappa shape index (κ2) is 3.16. The fourth-order valence-corrected chi connectivity index (χ4v) is 0.965. The molecule has 0 radical (unpaired) electrons. The fraction of sp³-hybridized carbons (Fsp3) is 0.778. The maximum Gasteiger partial charge on any atom is 0.129 e. The molecule has 0 aromatic rings. The Morgan fingerprint density at radius 1 is 1.45 bits per heavy atom. The maximum atomic E-state index is 4.23. The smallest absolute Gasteiger partial charge is 0.129 e. The molecule has 1 heterocycles. The van der Waals surface area contributed by atoms with Crippen molar-refractivity contribution in [2.75, 3.05) is 6.67 Å². The zero-order valence-electron chi connectivity index (χ0n) is 7.59. The van der Waals surface area contributed by atoms with E-state index in [-0.39, 0.29) is 0 Å². The molecule has 11 heavy (non-hydrogen) atoms. The second-order valence-electron chi connectivity index (χ2n) is 4.16. The van der Waals surface area contributed by atoms with Crippen LogP contribution in [0, 0.1) is 5.41 Å². The van der Waals surface area contributed by atoms with Crippen LogP contribution >= 0.6 is 0 Å². The van der Waals surface area contributed by atoms with Crippen LogP contribution < -0.4 is 0 Å². The summed E-state index contributed by atoms with van der Waals surface area (Å²) in [4.78, 5) is 8.27. The van der Waals surface area contributed by atoms with Gasteiger partial charge in [-0.05, 0) is 18.3 Å². The molecule has 0 amide bonds. The van der Waals surface area contributed by atoms with Gasteiger partial charge >= 0.3 is 0 Å². The van der Waals surface area contributed by atoms with Crippen molar-refractivity contribution in [3.63, 3.8) is 0 Å². The van der Waals surface area contributed by atoms with Crippen LogP contribution in [-0.4, -0.2) is 18.6 Å². The molecule has 0 aromatic carbocycles. The van der Waals surface area contributed by atoms with Crippen molar-refractivity contribution in [1.29, 1.82) is 0 Å². The summed E-state index contributed by atoms with van der Waals surface area (Å²) < 4.78 is 0. The van der Waals surface area contributed by atoms with Gasteiger partial charge in [-0.2, -0.15) is 0 Å². The molecular formula is C9H16N2. The molecule has 0 saturated heterocycles. The van der Waals surface area contributed by atoms with Gasteiger partial charge in [0, 0.05) is 6.21 Å². The summed E-state index contributed by atoms with van der Waals surface area (Å²) in [6.45, 7) is 7.40. The molecule has 0 spiro atoms. The van der Waals surface area contributed by atoms with Crippen LogP contribution in [0.25, 0.3) is 0 Å². The molecule has 0 aliphatic carbocycles. The van der Waals surface area contributed by atoms with Gasteiger partial charge in [0.25, 0.3) is 0 Å². The molecule has 1 aliphatic heterocycles. The summed E-state index contributed by atoms with van der Waals surface area (Å²) in [6, 6.07) is 0. The number of hydrogen-bond donors (Lipinski definition) is 0. The van der Waals surface area contributed by atoms with E-state index in [1.54, 1.807) is 0 Å². The predicted molar refractivity (Wildman–Crippen MR) is 49.5 cm³/mol. The lowest BCUT2D eigenvalue weighted by Crippen LogP contribution is -2.08. The van der Waals surface area contributed by atoms with E-state index in [1.807, 2.05) is 6.21 Å². The van der Waals surface area contributed by atoms with E-state index in [0.717, 1.165) is 6.42 Å². The quantitative estimate of drug-likeness (QED) is 0.580. The monoisotopic (exact) mass is 152 g/mol. The molecule has 1 rings (SSSR count). The Balaban J connectivity index is 2.28. The minimum absolute atomic E-state index is 0.416.